The van der Waals surface area contributed by atoms with Crippen molar-refractivity contribution in [1.29, 1.82) is 0 Å². The van der Waals surface area contributed by atoms with Crippen LogP contribution in [0.3, 0.4) is 0 Å². The van der Waals surface area contributed by atoms with Crippen LogP contribution in [-0.2, 0) is 4.79 Å². The number of piperidine rings is 1. The molecule has 3 nitrogen and oxygen atoms in total. The molecule has 0 bridgehead atoms. The van der Waals surface area contributed by atoms with E-state index in [0.29, 0.717) is 5.92 Å². The van der Waals surface area contributed by atoms with Crippen LogP contribution in [0, 0.1) is 17.8 Å². The van der Waals surface area contributed by atoms with Crippen LogP contribution in [-0.4, -0.2) is 48.9 Å². The van der Waals surface area contributed by atoms with E-state index in [1.165, 1.54) is 51.7 Å². The molecule has 1 amide bonds. The zero-order valence-electron chi connectivity index (χ0n) is 12.9. The number of amides is 1. The Morgan fingerprint density at radius 2 is 1.79 bits per heavy atom. The summed E-state index contributed by atoms with van der Waals surface area (Å²) in [5.41, 5.74) is 0. The highest BCUT2D eigenvalue weighted by Gasteiger charge is 2.26. The van der Waals surface area contributed by atoms with Gasteiger partial charge < -0.3 is 9.80 Å². The van der Waals surface area contributed by atoms with Gasteiger partial charge in [-0.15, -0.1) is 0 Å². The smallest absolute Gasteiger partial charge is 0.224 e. The number of carbonyl (C=O) groups excluding carboxylic acids is 1. The van der Waals surface area contributed by atoms with Crippen LogP contribution in [0.4, 0.5) is 0 Å². The molecule has 2 aliphatic rings. The first-order valence-electron chi connectivity index (χ1n) is 8.03. The van der Waals surface area contributed by atoms with Crippen LogP contribution in [0.1, 0.15) is 46.0 Å². The lowest BCUT2D eigenvalue weighted by molar-refractivity contribution is -0.133. The molecule has 3 heteroatoms. The summed E-state index contributed by atoms with van der Waals surface area (Å²) in [6, 6.07) is 0. The van der Waals surface area contributed by atoms with Gasteiger partial charge in [-0.25, -0.2) is 0 Å². The largest absolute Gasteiger partial charge is 0.345 e. The average Bonchev–Trinajstić information content (AvgIpc) is 2.34. The van der Waals surface area contributed by atoms with Crippen molar-refractivity contribution in [3.63, 3.8) is 0 Å². The van der Waals surface area contributed by atoms with E-state index >= 15 is 0 Å². The molecule has 0 radical (unpaired) electrons. The highest BCUT2D eigenvalue weighted by Crippen LogP contribution is 2.28. The SMILES string of the molecule is CC(C)C(=O)N(C)CC1CCN(CC2CCC2)CC1. The van der Waals surface area contributed by atoms with Crippen molar-refractivity contribution in [1.82, 2.24) is 9.80 Å². The quantitative estimate of drug-likeness (QED) is 0.763. The third-order valence-corrected chi connectivity index (χ3v) is 4.85. The molecule has 110 valence electrons. The maximum Gasteiger partial charge on any atom is 0.224 e. The summed E-state index contributed by atoms with van der Waals surface area (Å²) in [7, 11) is 1.96. The Morgan fingerprint density at radius 3 is 2.26 bits per heavy atom. The first kappa shape index (κ1) is 14.8. The summed E-state index contributed by atoms with van der Waals surface area (Å²) >= 11 is 0. The molecule has 1 saturated carbocycles. The Bertz CT molecular complexity index is 291. The van der Waals surface area contributed by atoms with Gasteiger partial charge in [0.05, 0.1) is 0 Å². The molecule has 0 aromatic rings. The van der Waals surface area contributed by atoms with E-state index in [2.05, 4.69) is 4.90 Å². The molecule has 0 aromatic carbocycles. The van der Waals surface area contributed by atoms with Crippen LogP contribution < -0.4 is 0 Å². The van der Waals surface area contributed by atoms with Gasteiger partial charge in [-0.2, -0.15) is 0 Å². The number of nitrogens with zero attached hydrogens (tertiary/aromatic N) is 2. The third-order valence-electron chi connectivity index (χ3n) is 4.85. The Kier molecular flexibility index (Phi) is 5.26. The minimum Gasteiger partial charge on any atom is -0.345 e. The second-order valence-corrected chi connectivity index (χ2v) is 6.91. The van der Waals surface area contributed by atoms with Crippen molar-refractivity contribution >= 4 is 5.91 Å². The van der Waals surface area contributed by atoms with Gasteiger partial charge >= 0.3 is 0 Å². The molecule has 0 N–H and O–H groups in total. The van der Waals surface area contributed by atoms with E-state index in [0.717, 1.165) is 12.5 Å². The van der Waals surface area contributed by atoms with Crippen molar-refractivity contribution in [2.45, 2.75) is 46.0 Å². The maximum absolute atomic E-state index is 11.9. The van der Waals surface area contributed by atoms with Crippen molar-refractivity contribution < 1.29 is 4.79 Å². The minimum absolute atomic E-state index is 0.128. The molecule has 2 fully saturated rings. The Hall–Kier alpha value is -0.570. The summed E-state index contributed by atoms with van der Waals surface area (Å²) < 4.78 is 0. The molecule has 1 heterocycles. The molecule has 0 atom stereocenters. The zero-order valence-corrected chi connectivity index (χ0v) is 12.9. The van der Waals surface area contributed by atoms with Crippen molar-refractivity contribution in [3.8, 4) is 0 Å². The van der Waals surface area contributed by atoms with Gasteiger partial charge in [0, 0.05) is 26.1 Å². The zero-order chi connectivity index (χ0) is 13.8. The molecule has 1 aliphatic carbocycles. The molecule has 1 saturated heterocycles. The second-order valence-electron chi connectivity index (χ2n) is 6.91. The van der Waals surface area contributed by atoms with Crippen LogP contribution in [0.15, 0.2) is 0 Å². The Labute approximate surface area is 118 Å². The monoisotopic (exact) mass is 266 g/mol. The average molecular weight is 266 g/mol. The third kappa shape index (κ3) is 4.20. The van der Waals surface area contributed by atoms with E-state index in [1.54, 1.807) is 0 Å². The fraction of sp³-hybridized carbons (Fsp3) is 0.938. The number of rotatable bonds is 5. The fourth-order valence-corrected chi connectivity index (χ4v) is 3.31. The van der Waals surface area contributed by atoms with Gasteiger partial charge in [0.25, 0.3) is 0 Å². The van der Waals surface area contributed by atoms with Crippen LogP contribution in [0.25, 0.3) is 0 Å². The molecular formula is C16H30N2O. The fourth-order valence-electron chi connectivity index (χ4n) is 3.31. The molecule has 19 heavy (non-hydrogen) atoms. The van der Waals surface area contributed by atoms with E-state index in [1.807, 2.05) is 25.8 Å². The molecule has 0 unspecified atom stereocenters. The Balaban J connectivity index is 1.66. The summed E-state index contributed by atoms with van der Waals surface area (Å²) in [6.45, 7) is 8.73. The number of hydrogen-bond donors (Lipinski definition) is 0. The van der Waals surface area contributed by atoms with Gasteiger partial charge in [-0.3, -0.25) is 4.79 Å². The molecule has 2 rings (SSSR count). The topological polar surface area (TPSA) is 23.6 Å². The highest BCUT2D eigenvalue weighted by molar-refractivity contribution is 5.77. The van der Waals surface area contributed by atoms with Gasteiger partial charge in [-0.1, -0.05) is 20.3 Å². The number of likely N-dealkylation sites (tertiary alicyclic amines) is 1. The van der Waals surface area contributed by atoms with Gasteiger partial charge in [0.2, 0.25) is 5.91 Å². The summed E-state index contributed by atoms with van der Waals surface area (Å²) in [5, 5.41) is 0. The normalized spacial score (nSPS) is 22.5. The summed E-state index contributed by atoms with van der Waals surface area (Å²) in [5.74, 6) is 2.12. The second kappa shape index (κ2) is 6.74. The van der Waals surface area contributed by atoms with E-state index in [9.17, 15) is 4.79 Å². The van der Waals surface area contributed by atoms with E-state index in [-0.39, 0.29) is 11.8 Å². The predicted molar refractivity (Wildman–Crippen MR) is 79.0 cm³/mol. The predicted octanol–water partition coefficient (Wildman–Crippen LogP) is 2.61. The molecule has 1 aliphatic heterocycles. The van der Waals surface area contributed by atoms with Crippen LogP contribution in [0.5, 0.6) is 0 Å². The van der Waals surface area contributed by atoms with E-state index < -0.39 is 0 Å². The lowest BCUT2D eigenvalue weighted by Gasteiger charge is -2.38. The summed E-state index contributed by atoms with van der Waals surface area (Å²) in [4.78, 5) is 16.5. The van der Waals surface area contributed by atoms with Crippen LogP contribution in [0.2, 0.25) is 0 Å². The van der Waals surface area contributed by atoms with Crippen LogP contribution >= 0.6 is 0 Å². The van der Waals surface area contributed by atoms with Gasteiger partial charge in [-0.05, 0) is 50.6 Å². The summed E-state index contributed by atoms with van der Waals surface area (Å²) in [6.07, 6.45) is 6.88. The lowest BCUT2D eigenvalue weighted by atomic mass is 9.84. The highest BCUT2D eigenvalue weighted by atomic mass is 16.2. The van der Waals surface area contributed by atoms with Crippen molar-refractivity contribution in [2.75, 3.05) is 33.2 Å². The van der Waals surface area contributed by atoms with Crippen molar-refractivity contribution in [3.05, 3.63) is 0 Å². The first-order chi connectivity index (χ1) is 9.06. The van der Waals surface area contributed by atoms with Gasteiger partial charge in [0.15, 0.2) is 0 Å². The molecule has 0 spiro atoms. The minimum atomic E-state index is 0.128. The molecular weight excluding hydrogens is 236 g/mol. The number of carbonyl (C=O) groups is 1. The standard InChI is InChI=1S/C16H30N2O/c1-13(2)16(19)17(3)11-15-7-9-18(10-8-15)12-14-5-4-6-14/h13-15H,4-12H2,1-3H3. The number of hydrogen-bond acceptors (Lipinski definition) is 2. The Morgan fingerprint density at radius 1 is 1.16 bits per heavy atom. The van der Waals surface area contributed by atoms with Crippen molar-refractivity contribution in [2.24, 2.45) is 17.8 Å². The molecule has 0 aromatic heterocycles. The van der Waals surface area contributed by atoms with E-state index in [4.69, 9.17) is 0 Å². The van der Waals surface area contributed by atoms with Gasteiger partial charge in [0.1, 0.15) is 0 Å². The maximum atomic E-state index is 11.9. The first-order valence-corrected chi connectivity index (χ1v) is 8.03. The lowest BCUT2D eigenvalue weighted by Crippen LogP contribution is -2.42.